The van der Waals surface area contributed by atoms with Crippen LogP contribution >= 0.6 is 11.6 Å². The second kappa shape index (κ2) is 7.20. The molecule has 0 spiro atoms. The summed E-state index contributed by atoms with van der Waals surface area (Å²) in [6.45, 7) is 0.282. The van der Waals surface area contributed by atoms with Gasteiger partial charge in [-0.05, 0) is 29.3 Å². The smallest absolute Gasteiger partial charge is 0.259 e. The van der Waals surface area contributed by atoms with E-state index in [2.05, 4.69) is 5.32 Å². The van der Waals surface area contributed by atoms with Gasteiger partial charge < -0.3 is 15.4 Å². The Balaban J connectivity index is 1.91. The standard InChI is InChI=1S/C24H20ClN3O3/c1-28-18-8-12(13(10-26)11-29)6-7-15(18)20-19(28)9-16(14-4-2-3-5-17(14)25)21-22(20)24(31)27-23(21)30/h2-9,13,29H,10-11,26H2,1H3,(H,27,30,31). The molecule has 1 atom stereocenters. The molecule has 0 saturated carbocycles. The van der Waals surface area contributed by atoms with E-state index in [1.165, 1.54) is 0 Å². The van der Waals surface area contributed by atoms with Gasteiger partial charge in [-0.15, -0.1) is 0 Å². The lowest BCUT2D eigenvalue weighted by molar-refractivity contribution is 0.0880. The number of benzene rings is 3. The van der Waals surface area contributed by atoms with Crippen LogP contribution in [0, 0.1) is 0 Å². The summed E-state index contributed by atoms with van der Waals surface area (Å²) < 4.78 is 2.00. The van der Waals surface area contributed by atoms with Crippen LogP contribution in [0.2, 0.25) is 5.02 Å². The number of imide groups is 1. The van der Waals surface area contributed by atoms with Crippen molar-refractivity contribution in [2.24, 2.45) is 12.8 Å². The quantitative estimate of drug-likeness (QED) is 0.428. The molecule has 0 radical (unpaired) electrons. The predicted octanol–water partition coefficient (Wildman–Crippen LogP) is 3.57. The van der Waals surface area contributed by atoms with Crippen molar-refractivity contribution in [1.29, 1.82) is 0 Å². The average molecular weight is 434 g/mol. The first-order chi connectivity index (χ1) is 15.0. The van der Waals surface area contributed by atoms with E-state index < -0.39 is 11.8 Å². The number of amides is 2. The average Bonchev–Trinajstić information content (AvgIpc) is 3.22. The fraction of sp³-hybridized carbons (Fsp3) is 0.167. The summed E-state index contributed by atoms with van der Waals surface area (Å²) in [5.41, 5.74) is 10.5. The molecular weight excluding hydrogens is 414 g/mol. The van der Waals surface area contributed by atoms with E-state index in [0.717, 1.165) is 27.4 Å². The van der Waals surface area contributed by atoms with Crippen molar-refractivity contribution in [1.82, 2.24) is 9.88 Å². The summed E-state index contributed by atoms with van der Waals surface area (Å²) in [4.78, 5) is 25.6. The molecule has 0 aliphatic carbocycles. The lowest BCUT2D eigenvalue weighted by atomic mass is 9.92. The van der Waals surface area contributed by atoms with Gasteiger partial charge in [0, 0.05) is 46.4 Å². The first kappa shape index (κ1) is 19.8. The van der Waals surface area contributed by atoms with Crippen LogP contribution in [0.15, 0.2) is 48.5 Å². The Hall–Kier alpha value is -3.19. The molecule has 5 rings (SSSR count). The van der Waals surface area contributed by atoms with E-state index in [1.807, 2.05) is 54.1 Å². The lowest BCUT2D eigenvalue weighted by Gasteiger charge is -2.12. The summed E-state index contributed by atoms with van der Waals surface area (Å²) in [5, 5.41) is 14.2. The molecule has 4 aromatic rings. The molecule has 0 saturated heterocycles. The van der Waals surface area contributed by atoms with Gasteiger partial charge in [0.25, 0.3) is 11.8 Å². The zero-order valence-corrected chi connectivity index (χ0v) is 17.5. The Kier molecular flexibility index (Phi) is 4.59. The van der Waals surface area contributed by atoms with Crippen molar-refractivity contribution in [3.8, 4) is 11.1 Å². The predicted molar refractivity (Wildman–Crippen MR) is 122 cm³/mol. The molecule has 1 unspecified atom stereocenters. The highest BCUT2D eigenvalue weighted by Gasteiger charge is 2.34. The molecule has 1 aromatic heterocycles. The van der Waals surface area contributed by atoms with Crippen LogP contribution in [-0.2, 0) is 7.05 Å². The molecule has 6 nitrogen and oxygen atoms in total. The Morgan fingerprint density at radius 1 is 1.03 bits per heavy atom. The second-order valence-electron chi connectivity index (χ2n) is 7.78. The summed E-state index contributed by atoms with van der Waals surface area (Å²) in [5.74, 6) is -1.00. The lowest BCUT2D eigenvalue weighted by Crippen LogP contribution is -2.20. The van der Waals surface area contributed by atoms with Crippen molar-refractivity contribution >= 4 is 45.2 Å². The number of hydrogen-bond acceptors (Lipinski definition) is 4. The molecule has 0 fully saturated rings. The van der Waals surface area contributed by atoms with Gasteiger partial charge in [-0.2, -0.15) is 0 Å². The molecule has 7 heteroatoms. The Labute approximate surface area is 183 Å². The van der Waals surface area contributed by atoms with Crippen LogP contribution in [0.4, 0.5) is 0 Å². The summed E-state index contributed by atoms with van der Waals surface area (Å²) in [6.07, 6.45) is 0. The zero-order chi connectivity index (χ0) is 21.9. The monoisotopic (exact) mass is 433 g/mol. The van der Waals surface area contributed by atoms with Crippen LogP contribution in [0.3, 0.4) is 0 Å². The van der Waals surface area contributed by atoms with Crippen LogP contribution in [0.1, 0.15) is 32.2 Å². The van der Waals surface area contributed by atoms with Gasteiger partial charge >= 0.3 is 0 Å². The summed E-state index contributed by atoms with van der Waals surface area (Å²) >= 11 is 6.44. The maximum absolute atomic E-state index is 12.9. The van der Waals surface area contributed by atoms with Crippen molar-refractivity contribution in [2.75, 3.05) is 13.2 Å². The van der Waals surface area contributed by atoms with Crippen molar-refractivity contribution < 1.29 is 14.7 Å². The van der Waals surface area contributed by atoms with Crippen molar-refractivity contribution in [2.45, 2.75) is 5.92 Å². The maximum Gasteiger partial charge on any atom is 0.259 e. The minimum absolute atomic E-state index is 0.0467. The molecule has 3 aromatic carbocycles. The van der Waals surface area contributed by atoms with Crippen LogP contribution in [-0.4, -0.2) is 34.6 Å². The number of aryl methyl sites for hydroxylation is 1. The van der Waals surface area contributed by atoms with E-state index in [-0.39, 0.29) is 12.5 Å². The highest BCUT2D eigenvalue weighted by Crippen LogP contribution is 2.42. The number of hydrogen-bond donors (Lipinski definition) is 3. The SMILES string of the molecule is Cn1c2cc(C(CN)CO)ccc2c2c3c(c(-c4ccccc4Cl)cc21)C(=O)NC3=O. The van der Waals surface area contributed by atoms with Gasteiger partial charge in [-0.3, -0.25) is 14.9 Å². The molecule has 1 aliphatic heterocycles. The molecule has 156 valence electrons. The third kappa shape index (κ3) is 2.80. The number of nitrogens with one attached hydrogen (secondary N) is 1. The van der Waals surface area contributed by atoms with Gasteiger partial charge in [0.1, 0.15) is 0 Å². The highest BCUT2D eigenvalue weighted by molar-refractivity contribution is 6.36. The Morgan fingerprint density at radius 3 is 2.48 bits per heavy atom. The third-order valence-electron chi connectivity index (χ3n) is 6.14. The molecule has 0 bridgehead atoms. The van der Waals surface area contributed by atoms with Crippen LogP contribution in [0.5, 0.6) is 0 Å². The summed E-state index contributed by atoms with van der Waals surface area (Å²) in [6, 6.07) is 15.0. The van der Waals surface area contributed by atoms with Crippen molar-refractivity contribution in [3.63, 3.8) is 0 Å². The number of fused-ring (bicyclic) bond motifs is 5. The Morgan fingerprint density at radius 2 is 1.77 bits per heavy atom. The second-order valence-corrected chi connectivity index (χ2v) is 8.19. The first-order valence-electron chi connectivity index (χ1n) is 9.96. The van der Waals surface area contributed by atoms with E-state index in [4.69, 9.17) is 17.3 Å². The number of aliphatic hydroxyl groups excluding tert-OH is 1. The van der Waals surface area contributed by atoms with Gasteiger partial charge in [-0.1, -0.05) is 41.9 Å². The molecular formula is C24H20ClN3O3. The number of nitrogens with two attached hydrogens (primary N) is 1. The number of aliphatic hydroxyl groups is 1. The largest absolute Gasteiger partial charge is 0.396 e. The van der Waals surface area contributed by atoms with Gasteiger partial charge in [0.05, 0.1) is 23.3 Å². The van der Waals surface area contributed by atoms with Gasteiger partial charge in [0.2, 0.25) is 0 Å². The fourth-order valence-corrected chi connectivity index (χ4v) is 4.76. The van der Waals surface area contributed by atoms with Gasteiger partial charge in [-0.25, -0.2) is 0 Å². The van der Waals surface area contributed by atoms with Crippen molar-refractivity contribution in [3.05, 3.63) is 70.2 Å². The third-order valence-corrected chi connectivity index (χ3v) is 6.47. The molecule has 2 amide bonds. The maximum atomic E-state index is 12.9. The normalized spacial score (nSPS) is 14.3. The number of carbonyl (C=O) groups excluding carboxylic acids is 2. The molecule has 2 heterocycles. The molecule has 4 N–H and O–H groups in total. The summed E-state index contributed by atoms with van der Waals surface area (Å²) in [7, 11) is 1.92. The number of nitrogens with zero attached hydrogens (tertiary/aromatic N) is 1. The zero-order valence-electron chi connectivity index (χ0n) is 16.8. The number of rotatable bonds is 4. The fourth-order valence-electron chi connectivity index (χ4n) is 4.53. The number of carbonyl (C=O) groups is 2. The van der Waals surface area contributed by atoms with E-state index in [9.17, 15) is 14.7 Å². The minimum atomic E-state index is -0.422. The number of halogens is 1. The number of aromatic nitrogens is 1. The van der Waals surface area contributed by atoms with Crippen LogP contribution in [0.25, 0.3) is 32.9 Å². The molecule has 31 heavy (non-hydrogen) atoms. The van der Waals surface area contributed by atoms with E-state index in [0.29, 0.717) is 33.8 Å². The van der Waals surface area contributed by atoms with Crippen LogP contribution < -0.4 is 11.1 Å². The van der Waals surface area contributed by atoms with E-state index in [1.54, 1.807) is 6.07 Å². The van der Waals surface area contributed by atoms with E-state index >= 15 is 0 Å². The highest BCUT2D eigenvalue weighted by atomic mass is 35.5. The topological polar surface area (TPSA) is 97.3 Å². The minimum Gasteiger partial charge on any atom is -0.396 e. The Bertz CT molecular complexity index is 1400. The van der Waals surface area contributed by atoms with Gasteiger partial charge in [0.15, 0.2) is 0 Å². The molecule has 1 aliphatic rings. The first-order valence-corrected chi connectivity index (χ1v) is 10.3.